The maximum Gasteiger partial charge on any atom is 0.277 e. The molecular weight excluding hydrogens is 317 g/mol. The largest absolute Gasteiger partial charge is 0.411 e. The fourth-order valence-electron chi connectivity index (χ4n) is 2.13. The van der Waals surface area contributed by atoms with Crippen molar-refractivity contribution < 1.29 is 13.6 Å². The molecule has 0 atom stereocenters. The summed E-state index contributed by atoms with van der Waals surface area (Å²) in [7, 11) is 0. The van der Waals surface area contributed by atoms with Gasteiger partial charge in [0.2, 0.25) is 5.91 Å². The number of carbonyl (C=O) groups is 1. The molecule has 2 aromatic rings. The highest BCUT2D eigenvalue weighted by atomic mass is 32.2. The quantitative estimate of drug-likeness (QED) is 0.689. The maximum atomic E-state index is 13.7. The van der Waals surface area contributed by atoms with Crippen LogP contribution in [-0.2, 0) is 4.79 Å². The van der Waals surface area contributed by atoms with Crippen LogP contribution in [0.2, 0.25) is 0 Å². The van der Waals surface area contributed by atoms with Crippen molar-refractivity contribution in [2.45, 2.75) is 31.9 Å². The summed E-state index contributed by atoms with van der Waals surface area (Å²) in [6.07, 6.45) is 1.85. The molecular formula is C16H20FN3O2S. The van der Waals surface area contributed by atoms with Crippen molar-refractivity contribution in [2.75, 3.05) is 18.8 Å². The average Bonchev–Trinajstić information content (AvgIpc) is 3.01. The minimum atomic E-state index is -0.416. The lowest BCUT2D eigenvalue weighted by Crippen LogP contribution is -2.33. The van der Waals surface area contributed by atoms with E-state index < -0.39 is 5.82 Å². The zero-order valence-electron chi connectivity index (χ0n) is 13.3. The van der Waals surface area contributed by atoms with Gasteiger partial charge in [0.25, 0.3) is 11.1 Å². The monoisotopic (exact) mass is 337 g/mol. The van der Waals surface area contributed by atoms with Gasteiger partial charge >= 0.3 is 0 Å². The van der Waals surface area contributed by atoms with Crippen LogP contribution in [-0.4, -0.2) is 39.8 Å². The van der Waals surface area contributed by atoms with Gasteiger partial charge in [-0.3, -0.25) is 4.79 Å². The summed E-state index contributed by atoms with van der Waals surface area (Å²) in [6.45, 7) is 5.58. The molecule has 1 heterocycles. The molecule has 0 N–H and O–H groups in total. The summed E-state index contributed by atoms with van der Waals surface area (Å²) in [4.78, 5) is 14.0. The fraction of sp³-hybridized carbons (Fsp3) is 0.438. The Kier molecular flexibility index (Phi) is 6.58. The Bertz CT molecular complexity index is 642. The van der Waals surface area contributed by atoms with Crippen molar-refractivity contribution in [3.63, 3.8) is 0 Å². The summed E-state index contributed by atoms with van der Waals surface area (Å²) in [6, 6.07) is 6.21. The minimum absolute atomic E-state index is 0.0457. The standard InChI is InChI=1S/C16H20FN3O2S/c1-3-9-20(10-4-2)14(21)11-23-16-19-18-15(22-16)12-7-5-6-8-13(12)17/h5-8H,3-4,9-11H2,1-2H3. The first-order valence-electron chi connectivity index (χ1n) is 7.64. The molecule has 0 fully saturated rings. The van der Waals surface area contributed by atoms with Gasteiger partial charge in [-0.05, 0) is 25.0 Å². The molecule has 0 aliphatic rings. The molecule has 2 rings (SSSR count). The van der Waals surface area contributed by atoms with E-state index in [9.17, 15) is 9.18 Å². The van der Waals surface area contributed by atoms with Gasteiger partial charge in [0, 0.05) is 13.1 Å². The third kappa shape index (κ3) is 4.79. The zero-order valence-corrected chi connectivity index (χ0v) is 14.1. The first-order valence-corrected chi connectivity index (χ1v) is 8.63. The SMILES string of the molecule is CCCN(CCC)C(=O)CSc1nnc(-c2ccccc2F)o1. The van der Waals surface area contributed by atoms with Crippen molar-refractivity contribution in [3.8, 4) is 11.5 Å². The highest BCUT2D eigenvalue weighted by molar-refractivity contribution is 7.99. The zero-order chi connectivity index (χ0) is 16.7. The summed E-state index contributed by atoms with van der Waals surface area (Å²) in [5.41, 5.74) is 0.261. The summed E-state index contributed by atoms with van der Waals surface area (Å²) in [5.74, 6) is -0.0129. The van der Waals surface area contributed by atoms with Crippen LogP contribution in [0, 0.1) is 5.82 Å². The minimum Gasteiger partial charge on any atom is -0.411 e. The van der Waals surface area contributed by atoms with Crippen LogP contribution < -0.4 is 0 Å². The van der Waals surface area contributed by atoms with Crippen molar-refractivity contribution in [1.82, 2.24) is 15.1 Å². The Labute approximate surface area is 139 Å². The van der Waals surface area contributed by atoms with E-state index in [1.54, 1.807) is 18.2 Å². The van der Waals surface area contributed by atoms with E-state index in [-0.39, 0.29) is 28.3 Å². The fourth-order valence-corrected chi connectivity index (χ4v) is 2.79. The third-order valence-corrected chi connectivity index (χ3v) is 3.97. The van der Waals surface area contributed by atoms with Gasteiger partial charge in [-0.25, -0.2) is 4.39 Å². The first-order chi connectivity index (χ1) is 11.2. The Morgan fingerprint density at radius 2 is 1.91 bits per heavy atom. The van der Waals surface area contributed by atoms with Crippen molar-refractivity contribution in [2.24, 2.45) is 0 Å². The Balaban J connectivity index is 1.97. The van der Waals surface area contributed by atoms with Gasteiger partial charge < -0.3 is 9.32 Å². The van der Waals surface area contributed by atoms with Gasteiger partial charge in [-0.2, -0.15) is 0 Å². The molecule has 0 bridgehead atoms. The molecule has 1 aromatic carbocycles. The van der Waals surface area contributed by atoms with Crippen LogP contribution >= 0.6 is 11.8 Å². The second-order valence-corrected chi connectivity index (χ2v) is 5.95. The number of hydrogen-bond acceptors (Lipinski definition) is 5. The summed E-state index contributed by atoms with van der Waals surface area (Å²) in [5, 5.41) is 7.97. The average molecular weight is 337 g/mol. The van der Waals surface area contributed by atoms with E-state index in [0.29, 0.717) is 0 Å². The summed E-state index contributed by atoms with van der Waals surface area (Å²) >= 11 is 1.18. The number of carbonyl (C=O) groups excluding carboxylic acids is 1. The van der Waals surface area contributed by atoms with E-state index in [4.69, 9.17) is 4.42 Å². The number of amides is 1. The number of rotatable bonds is 8. The predicted octanol–water partition coefficient (Wildman–Crippen LogP) is 3.62. The van der Waals surface area contributed by atoms with Crippen molar-refractivity contribution >= 4 is 17.7 Å². The molecule has 0 saturated carbocycles. The molecule has 23 heavy (non-hydrogen) atoms. The molecule has 7 heteroatoms. The van der Waals surface area contributed by atoms with E-state index in [1.807, 2.05) is 18.7 Å². The molecule has 0 saturated heterocycles. The number of aromatic nitrogens is 2. The second kappa shape index (κ2) is 8.67. The van der Waals surface area contributed by atoms with Crippen LogP contribution in [0.3, 0.4) is 0 Å². The summed E-state index contributed by atoms with van der Waals surface area (Å²) < 4.78 is 19.1. The second-order valence-electron chi connectivity index (χ2n) is 5.02. The lowest BCUT2D eigenvalue weighted by molar-refractivity contribution is -0.128. The van der Waals surface area contributed by atoms with E-state index in [1.165, 1.54) is 17.8 Å². The van der Waals surface area contributed by atoms with Crippen LogP contribution in [0.5, 0.6) is 0 Å². The molecule has 1 aromatic heterocycles. The van der Waals surface area contributed by atoms with Gasteiger partial charge in [-0.15, -0.1) is 10.2 Å². The Morgan fingerprint density at radius 3 is 2.57 bits per heavy atom. The molecule has 0 radical (unpaired) electrons. The number of nitrogens with zero attached hydrogens (tertiary/aromatic N) is 3. The van der Waals surface area contributed by atoms with Crippen molar-refractivity contribution in [3.05, 3.63) is 30.1 Å². The van der Waals surface area contributed by atoms with Crippen LogP contribution in [0.4, 0.5) is 4.39 Å². The number of halogens is 1. The normalized spacial score (nSPS) is 10.7. The molecule has 5 nitrogen and oxygen atoms in total. The van der Waals surface area contributed by atoms with Crippen LogP contribution in [0.15, 0.2) is 33.9 Å². The third-order valence-electron chi connectivity index (χ3n) is 3.17. The molecule has 0 aliphatic carbocycles. The van der Waals surface area contributed by atoms with Gasteiger partial charge in [-0.1, -0.05) is 37.7 Å². The highest BCUT2D eigenvalue weighted by Crippen LogP contribution is 2.25. The Hall–Kier alpha value is -1.89. The maximum absolute atomic E-state index is 13.7. The van der Waals surface area contributed by atoms with Gasteiger partial charge in [0.05, 0.1) is 11.3 Å². The number of benzene rings is 1. The number of thioether (sulfide) groups is 1. The first kappa shape index (κ1) is 17.5. The highest BCUT2D eigenvalue weighted by Gasteiger charge is 2.16. The predicted molar refractivity (Wildman–Crippen MR) is 87.6 cm³/mol. The van der Waals surface area contributed by atoms with E-state index >= 15 is 0 Å². The van der Waals surface area contributed by atoms with Crippen LogP contribution in [0.1, 0.15) is 26.7 Å². The molecule has 124 valence electrons. The smallest absolute Gasteiger partial charge is 0.277 e. The Morgan fingerprint density at radius 1 is 1.22 bits per heavy atom. The molecule has 0 spiro atoms. The lowest BCUT2D eigenvalue weighted by Gasteiger charge is -2.20. The van der Waals surface area contributed by atoms with Crippen molar-refractivity contribution in [1.29, 1.82) is 0 Å². The lowest BCUT2D eigenvalue weighted by atomic mass is 10.2. The molecule has 0 aliphatic heterocycles. The van der Waals surface area contributed by atoms with E-state index in [0.717, 1.165) is 25.9 Å². The van der Waals surface area contributed by atoms with Gasteiger partial charge in [0.15, 0.2) is 0 Å². The van der Waals surface area contributed by atoms with Crippen LogP contribution in [0.25, 0.3) is 11.5 Å². The van der Waals surface area contributed by atoms with E-state index in [2.05, 4.69) is 10.2 Å². The topological polar surface area (TPSA) is 59.2 Å². The van der Waals surface area contributed by atoms with Gasteiger partial charge in [0.1, 0.15) is 5.82 Å². The molecule has 0 unspecified atom stereocenters. The number of hydrogen-bond donors (Lipinski definition) is 0. The molecule has 1 amide bonds.